The zero-order chi connectivity index (χ0) is 20.0. The van der Waals surface area contributed by atoms with E-state index >= 15 is 0 Å². The number of hydrogen-bond donors (Lipinski definition) is 2. The Morgan fingerprint density at radius 1 is 1.19 bits per heavy atom. The molecule has 7 nitrogen and oxygen atoms in total. The average Bonchev–Trinajstić information content (AvgIpc) is 2.61. The molecule has 0 spiro atoms. The maximum atomic E-state index is 12.6. The maximum Gasteiger partial charge on any atom is 0.305 e. The molecule has 1 atom stereocenters. The molecule has 2 N–H and O–H groups in total. The van der Waals surface area contributed by atoms with Crippen molar-refractivity contribution in [1.29, 1.82) is 0 Å². The molecule has 0 bridgehead atoms. The van der Waals surface area contributed by atoms with Crippen LogP contribution >= 0.6 is 0 Å². The summed E-state index contributed by atoms with van der Waals surface area (Å²) < 4.78 is 33.1. The van der Waals surface area contributed by atoms with Gasteiger partial charge in [0.25, 0.3) is 0 Å². The Hall–Kier alpha value is -2.71. The number of rotatable bonds is 9. The molecule has 0 aliphatic heterocycles. The number of ether oxygens (including phenoxy) is 1. The van der Waals surface area contributed by atoms with Crippen LogP contribution in [0.15, 0.2) is 53.4 Å². The van der Waals surface area contributed by atoms with Crippen molar-refractivity contribution in [2.75, 3.05) is 0 Å². The van der Waals surface area contributed by atoms with Crippen molar-refractivity contribution in [2.45, 2.75) is 37.1 Å². The fourth-order valence-electron chi connectivity index (χ4n) is 2.39. The van der Waals surface area contributed by atoms with Crippen molar-refractivity contribution in [3.8, 4) is 11.5 Å². The molecule has 0 aliphatic rings. The Kier molecular flexibility index (Phi) is 6.70. The first kappa shape index (κ1) is 20.6. The molecule has 144 valence electrons. The maximum absolute atomic E-state index is 12.6. The number of carbonyl (C=O) groups excluding carboxylic acids is 1. The van der Waals surface area contributed by atoms with Crippen LogP contribution in [0.1, 0.15) is 31.7 Å². The van der Waals surface area contributed by atoms with E-state index < -0.39 is 28.5 Å². The second-order valence-corrected chi connectivity index (χ2v) is 7.92. The van der Waals surface area contributed by atoms with Crippen LogP contribution in [0.25, 0.3) is 0 Å². The summed E-state index contributed by atoms with van der Waals surface area (Å²) in [4.78, 5) is 21.6. The molecular formula is C19H21NO6S. The normalized spacial score (nSPS) is 12.6. The van der Waals surface area contributed by atoms with E-state index in [1.54, 1.807) is 12.1 Å². The highest BCUT2D eigenvalue weighted by atomic mass is 32.2. The fraction of sp³-hybridized carbons (Fsp3) is 0.263. The van der Waals surface area contributed by atoms with E-state index in [4.69, 9.17) is 9.84 Å². The summed E-state index contributed by atoms with van der Waals surface area (Å²) in [7, 11) is -4.16. The van der Waals surface area contributed by atoms with Gasteiger partial charge in [0.05, 0.1) is 12.5 Å². The van der Waals surface area contributed by atoms with Gasteiger partial charge in [0.15, 0.2) is 0 Å². The number of carboxylic acids is 1. The number of carbonyl (C=O) groups is 2. The molecule has 2 aromatic rings. The van der Waals surface area contributed by atoms with E-state index in [-0.39, 0.29) is 22.8 Å². The van der Waals surface area contributed by atoms with Gasteiger partial charge in [-0.3, -0.25) is 4.79 Å². The fourth-order valence-corrected chi connectivity index (χ4v) is 3.69. The molecule has 2 rings (SSSR count). The number of para-hydroxylation sites is 1. The zero-order valence-corrected chi connectivity index (χ0v) is 15.8. The van der Waals surface area contributed by atoms with Crippen LogP contribution in [0.4, 0.5) is 0 Å². The molecule has 2 aromatic carbocycles. The van der Waals surface area contributed by atoms with Crippen molar-refractivity contribution in [3.05, 3.63) is 54.1 Å². The van der Waals surface area contributed by atoms with Gasteiger partial charge in [-0.1, -0.05) is 38.1 Å². The molecule has 0 fully saturated rings. The first-order valence-electron chi connectivity index (χ1n) is 8.29. The predicted molar refractivity (Wildman–Crippen MR) is 99.5 cm³/mol. The number of nitrogens with one attached hydrogen (secondary N) is 1. The highest BCUT2D eigenvalue weighted by molar-refractivity contribution is 7.89. The summed E-state index contributed by atoms with van der Waals surface area (Å²) in [6.07, 6.45) is -0.399. The molecule has 0 aromatic heterocycles. The molecular weight excluding hydrogens is 370 g/mol. The van der Waals surface area contributed by atoms with Crippen molar-refractivity contribution < 1.29 is 27.9 Å². The summed E-state index contributed by atoms with van der Waals surface area (Å²) in [6, 6.07) is 11.9. The van der Waals surface area contributed by atoms with E-state index in [0.29, 0.717) is 5.75 Å². The Bertz CT molecular complexity index is 923. The summed E-state index contributed by atoms with van der Waals surface area (Å²) >= 11 is 0. The standard InChI is InChI=1S/C19H21NO6S/c1-13(2)14-6-5-7-16(10-14)26-17-8-3-4-9-18(17)27(24,25)20-15(12-21)11-19(22)23/h3-10,12-13,15,20H,11H2,1-2H3,(H,22,23). The van der Waals surface area contributed by atoms with E-state index in [9.17, 15) is 18.0 Å². The van der Waals surface area contributed by atoms with Crippen molar-refractivity contribution in [1.82, 2.24) is 4.72 Å². The number of sulfonamides is 1. The number of carboxylic acid groups (broad SMARTS) is 1. The summed E-state index contributed by atoms with van der Waals surface area (Å²) in [6.45, 7) is 4.06. The lowest BCUT2D eigenvalue weighted by Crippen LogP contribution is -2.37. The van der Waals surface area contributed by atoms with Gasteiger partial charge in [0.1, 0.15) is 22.7 Å². The smallest absolute Gasteiger partial charge is 0.305 e. The molecule has 0 saturated heterocycles. The van der Waals surface area contributed by atoms with Gasteiger partial charge < -0.3 is 14.6 Å². The molecule has 0 heterocycles. The average molecular weight is 391 g/mol. The van der Waals surface area contributed by atoms with Crippen LogP contribution in [0.3, 0.4) is 0 Å². The quantitative estimate of drug-likeness (QED) is 0.636. The number of aldehydes is 1. The molecule has 0 saturated carbocycles. The Labute approximate surface area is 158 Å². The van der Waals surface area contributed by atoms with E-state index in [1.165, 1.54) is 18.2 Å². The van der Waals surface area contributed by atoms with Gasteiger partial charge in [-0.05, 0) is 35.7 Å². The van der Waals surface area contributed by atoms with E-state index in [0.717, 1.165) is 5.56 Å². The Morgan fingerprint density at radius 2 is 1.89 bits per heavy atom. The van der Waals surface area contributed by atoms with Crippen molar-refractivity contribution >= 4 is 22.3 Å². The highest BCUT2D eigenvalue weighted by Gasteiger charge is 2.25. The Balaban J connectivity index is 2.33. The topological polar surface area (TPSA) is 110 Å². The molecule has 27 heavy (non-hydrogen) atoms. The number of benzene rings is 2. The third-order valence-electron chi connectivity index (χ3n) is 3.76. The van der Waals surface area contributed by atoms with Crippen LogP contribution in [-0.2, 0) is 19.6 Å². The predicted octanol–water partition coefficient (Wildman–Crippen LogP) is 2.92. The number of hydrogen-bond acceptors (Lipinski definition) is 5. The van der Waals surface area contributed by atoms with Gasteiger partial charge >= 0.3 is 5.97 Å². The lowest BCUT2D eigenvalue weighted by atomic mass is 10.0. The minimum atomic E-state index is -4.16. The third kappa shape index (κ3) is 5.63. The SMILES string of the molecule is CC(C)c1cccc(Oc2ccccc2S(=O)(=O)NC(C=O)CC(=O)O)c1. The van der Waals surface area contributed by atoms with Gasteiger partial charge in [-0.15, -0.1) is 0 Å². The van der Waals surface area contributed by atoms with Gasteiger partial charge in [0, 0.05) is 0 Å². The zero-order valence-electron chi connectivity index (χ0n) is 15.0. The Morgan fingerprint density at radius 3 is 2.52 bits per heavy atom. The van der Waals surface area contributed by atoms with Crippen molar-refractivity contribution in [3.63, 3.8) is 0 Å². The summed E-state index contributed by atoms with van der Waals surface area (Å²) in [5.74, 6) is -0.462. The van der Waals surface area contributed by atoms with Crippen LogP contribution in [0.5, 0.6) is 11.5 Å². The molecule has 1 unspecified atom stereocenters. The highest BCUT2D eigenvalue weighted by Crippen LogP contribution is 2.30. The monoisotopic (exact) mass is 391 g/mol. The van der Waals surface area contributed by atoms with Gasteiger partial charge in [-0.2, -0.15) is 0 Å². The summed E-state index contributed by atoms with van der Waals surface area (Å²) in [5, 5.41) is 8.78. The molecule has 8 heteroatoms. The van der Waals surface area contributed by atoms with Crippen LogP contribution in [0.2, 0.25) is 0 Å². The molecule has 0 amide bonds. The minimum absolute atomic E-state index is 0.0749. The minimum Gasteiger partial charge on any atom is -0.481 e. The second kappa shape index (κ2) is 8.79. The summed E-state index contributed by atoms with van der Waals surface area (Å²) in [5.41, 5.74) is 1.04. The van der Waals surface area contributed by atoms with E-state index in [2.05, 4.69) is 4.72 Å². The second-order valence-electron chi connectivity index (χ2n) is 6.24. The lowest BCUT2D eigenvalue weighted by Gasteiger charge is -2.15. The lowest BCUT2D eigenvalue weighted by molar-refractivity contribution is -0.138. The van der Waals surface area contributed by atoms with Crippen LogP contribution in [-0.4, -0.2) is 31.8 Å². The van der Waals surface area contributed by atoms with Crippen molar-refractivity contribution in [2.24, 2.45) is 0 Å². The van der Waals surface area contributed by atoms with Gasteiger partial charge in [-0.25, -0.2) is 13.1 Å². The molecule has 0 radical (unpaired) electrons. The van der Waals surface area contributed by atoms with Crippen LogP contribution in [0, 0.1) is 0 Å². The first-order valence-corrected chi connectivity index (χ1v) is 9.77. The largest absolute Gasteiger partial charge is 0.481 e. The number of aliphatic carboxylic acids is 1. The molecule has 0 aliphatic carbocycles. The third-order valence-corrected chi connectivity index (χ3v) is 5.29. The van der Waals surface area contributed by atoms with Gasteiger partial charge in [0.2, 0.25) is 10.0 Å². The van der Waals surface area contributed by atoms with E-state index in [1.807, 2.05) is 32.0 Å². The van der Waals surface area contributed by atoms with Crippen LogP contribution < -0.4 is 9.46 Å². The first-order chi connectivity index (χ1) is 12.7.